The minimum absolute atomic E-state index is 0.268. The molecule has 0 radical (unpaired) electrons. The molecule has 1 atom stereocenters. The molecule has 60 valence electrons. The molecule has 1 unspecified atom stereocenters. The molecule has 0 aromatic carbocycles. The molecule has 0 aliphatic rings. The van der Waals surface area contributed by atoms with Crippen LogP contribution in [0.4, 0.5) is 0 Å². The van der Waals surface area contributed by atoms with Crippen LogP contribution in [0.2, 0.25) is 0 Å². The molecule has 0 saturated heterocycles. The molecule has 0 spiro atoms. The van der Waals surface area contributed by atoms with Crippen molar-refractivity contribution in [3.05, 3.63) is 24.3 Å². The van der Waals surface area contributed by atoms with Gasteiger partial charge < -0.3 is 10.8 Å². The van der Waals surface area contributed by atoms with E-state index >= 15 is 0 Å². The molecule has 0 fully saturated rings. The van der Waals surface area contributed by atoms with E-state index in [4.69, 9.17) is 10.8 Å². The largest absolute Gasteiger partial charge is 0.391 e. The number of rotatable bonds is 3. The van der Waals surface area contributed by atoms with Crippen molar-refractivity contribution >= 4 is 0 Å². The Bertz CT molecular complexity index is 202. The topological polar surface area (TPSA) is 72.0 Å². The Morgan fingerprint density at radius 2 is 2.45 bits per heavy atom. The Morgan fingerprint density at radius 1 is 1.64 bits per heavy atom. The molecular formula is C7H11N3O. The summed E-state index contributed by atoms with van der Waals surface area (Å²) in [6.45, 7) is 0.268. The lowest BCUT2D eigenvalue weighted by Crippen LogP contribution is -2.22. The van der Waals surface area contributed by atoms with Gasteiger partial charge in [-0.3, -0.25) is 0 Å². The van der Waals surface area contributed by atoms with Gasteiger partial charge in [0.15, 0.2) is 0 Å². The first kappa shape index (κ1) is 8.10. The van der Waals surface area contributed by atoms with Gasteiger partial charge in [-0.15, -0.1) is 0 Å². The smallest absolute Gasteiger partial charge is 0.115 e. The van der Waals surface area contributed by atoms with Gasteiger partial charge in [-0.2, -0.15) is 0 Å². The van der Waals surface area contributed by atoms with Crippen molar-refractivity contribution in [1.29, 1.82) is 0 Å². The van der Waals surface area contributed by atoms with Crippen molar-refractivity contribution in [3.63, 3.8) is 0 Å². The maximum absolute atomic E-state index is 9.13. The molecule has 0 amide bonds. The Labute approximate surface area is 65.1 Å². The van der Waals surface area contributed by atoms with E-state index in [-0.39, 0.29) is 6.54 Å². The summed E-state index contributed by atoms with van der Waals surface area (Å²) in [7, 11) is 0. The number of nitrogens with two attached hydrogens (primary N) is 1. The molecule has 0 aliphatic carbocycles. The second-order valence-corrected chi connectivity index (χ2v) is 2.29. The lowest BCUT2D eigenvalue weighted by Gasteiger charge is -2.04. The van der Waals surface area contributed by atoms with Crippen LogP contribution in [0.15, 0.2) is 18.6 Å². The summed E-state index contributed by atoms with van der Waals surface area (Å²) in [5.41, 5.74) is 6.04. The maximum atomic E-state index is 9.13. The molecule has 4 nitrogen and oxygen atoms in total. The highest BCUT2D eigenvalue weighted by atomic mass is 16.3. The Hall–Kier alpha value is -1.00. The Morgan fingerprint density at radius 3 is 3.00 bits per heavy atom. The summed E-state index contributed by atoms with van der Waals surface area (Å²) in [6, 6.07) is 1.76. The lowest BCUT2D eigenvalue weighted by molar-refractivity contribution is 0.182. The number of hydrogen-bond donors (Lipinski definition) is 2. The molecule has 0 aliphatic heterocycles. The van der Waals surface area contributed by atoms with E-state index in [0.717, 1.165) is 5.69 Å². The van der Waals surface area contributed by atoms with E-state index in [0.29, 0.717) is 6.42 Å². The van der Waals surface area contributed by atoms with Gasteiger partial charge in [0.05, 0.1) is 6.10 Å². The Kier molecular flexibility index (Phi) is 2.95. The fourth-order valence-corrected chi connectivity index (χ4v) is 0.764. The number of hydrogen-bond acceptors (Lipinski definition) is 4. The standard InChI is InChI=1S/C7H11N3O/c8-4-7(11)3-6-1-2-9-5-10-6/h1-2,5,7,11H,3-4,8H2. The summed E-state index contributed by atoms with van der Waals surface area (Å²) in [6.07, 6.45) is 3.10. The summed E-state index contributed by atoms with van der Waals surface area (Å²) in [4.78, 5) is 7.69. The van der Waals surface area contributed by atoms with Gasteiger partial charge >= 0.3 is 0 Å². The van der Waals surface area contributed by atoms with Gasteiger partial charge in [0, 0.05) is 24.9 Å². The minimum atomic E-state index is -0.495. The summed E-state index contributed by atoms with van der Waals surface area (Å²) < 4.78 is 0. The number of aliphatic hydroxyl groups excluding tert-OH is 1. The van der Waals surface area contributed by atoms with Crippen LogP contribution in [0.25, 0.3) is 0 Å². The van der Waals surface area contributed by atoms with E-state index in [1.165, 1.54) is 6.33 Å². The molecule has 0 saturated carbocycles. The molecule has 3 N–H and O–H groups in total. The fourth-order valence-electron chi connectivity index (χ4n) is 0.764. The van der Waals surface area contributed by atoms with Gasteiger partial charge in [-0.1, -0.05) is 0 Å². The third-order valence-corrected chi connectivity index (χ3v) is 1.36. The van der Waals surface area contributed by atoms with Crippen LogP contribution in [-0.4, -0.2) is 27.7 Å². The van der Waals surface area contributed by atoms with E-state index in [1.54, 1.807) is 12.3 Å². The van der Waals surface area contributed by atoms with Gasteiger partial charge in [0.25, 0.3) is 0 Å². The summed E-state index contributed by atoms with van der Waals surface area (Å²) in [5, 5.41) is 9.13. The van der Waals surface area contributed by atoms with Crippen molar-refractivity contribution < 1.29 is 5.11 Å². The zero-order valence-corrected chi connectivity index (χ0v) is 6.14. The van der Waals surface area contributed by atoms with Crippen molar-refractivity contribution in [3.8, 4) is 0 Å². The van der Waals surface area contributed by atoms with Crippen LogP contribution in [0.5, 0.6) is 0 Å². The number of nitrogens with zero attached hydrogens (tertiary/aromatic N) is 2. The summed E-state index contributed by atoms with van der Waals surface area (Å²) >= 11 is 0. The average molecular weight is 153 g/mol. The van der Waals surface area contributed by atoms with Gasteiger partial charge in [0.2, 0.25) is 0 Å². The lowest BCUT2D eigenvalue weighted by atomic mass is 10.2. The first-order valence-electron chi connectivity index (χ1n) is 3.46. The molecule has 1 rings (SSSR count). The maximum Gasteiger partial charge on any atom is 0.115 e. The summed E-state index contributed by atoms with van der Waals surface area (Å²) in [5.74, 6) is 0. The van der Waals surface area contributed by atoms with Gasteiger partial charge in [-0.25, -0.2) is 9.97 Å². The highest BCUT2D eigenvalue weighted by Gasteiger charge is 2.02. The third kappa shape index (κ3) is 2.61. The molecule has 1 aromatic rings. The second-order valence-electron chi connectivity index (χ2n) is 2.29. The zero-order chi connectivity index (χ0) is 8.10. The first-order chi connectivity index (χ1) is 5.33. The van der Waals surface area contributed by atoms with E-state index in [1.807, 2.05) is 0 Å². The fraction of sp³-hybridized carbons (Fsp3) is 0.429. The van der Waals surface area contributed by atoms with Crippen molar-refractivity contribution in [2.75, 3.05) is 6.54 Å². The van der Waals surface area contributed by atoms with Gasteiger partial charge in [-0.05, 0) is 6.07 Å². The minimum Gasteiger partial charge on any atom is -0.391 e. The monoisotopic (exact) mass is 153 g/mol. The Balaban J connectivity index is 2.51. The molecule has 4 heteroatoms. The third-order valence-electron chi connectivity index (χ3n) is 1.36. The van der Waals surface area contributed by atoms with Crippen LogP contribution < -0.4 is 5.73 Å². The number of aromatic nitrogens is 2. The van der Waals surface area contributed by atoms with Gasteiger partial charge in [0.1, 0.15) is 6.33 Å². The molecule has 1 aromatic heterocycles. The molecule has 11 heavy (non-hydrogen) atoms. The zero-order valence-electron chi connectivity index (χ0n) is 6.14. The van der Waals surface area contributed by atoms with Crippen LogP contribution >= 0.6 is 0 Å². The predicted molar refractivity (Wildman–Crippen MR) is 40.8 cm³/mol. The van der Waals surface area contributed by atoms with Crippen molar-refractivity contribution in [1.82, 2.24) is 9.97 Å². The highest BCUT2D eigenvalue weighted by Crippen LogP contribution is 1.95. The second kappa shape index (κ2) is 4.00. The van der Waals surface area contributed by atoms with Crippen LogP contribution in [0.3, 0.4) is 0 Å². The van der Waals surface area contributed by atoms with E-state index in [2.05, 4.69) is 9.97 Å². The number of aliphatic hydroxyl groups is 1. The molecule has 0 bridgehead atoms. The average Bonchev–Trinajstić information content (AvgIpc) is 2.06. The quantitative estimate of drug-likeness (QED) is 0.604. The van der Waals surface area contributed by atoms with E-state index < -0.39 is 6.10 Å². The van der Waals surface area contributed by atoms with Crippen LogP contribution in [0, 0.1) is 0 Å². The van der Waals surface area contributed by atoms with Crippen LogP contribution in [0.1, 0.15) is 5.69 Å². The van der Waals surface area contributed by atoms with Crippen molar-refractivity contribution in [2.24, 2.45) is 5.73 Å². The predicted octanol–water partition coefficient (Wildman–Crippen LogP) is -0.661. The SMILES string of the molecule is NCC(O)Cc1ccncn1. The normalized spacial score (nSPS) is 12.9. The van der Waals surface area contributed by atoms with Crippen molar-refractivity contribution in [2.45, 2.75) is 12.5 Å². The molecule has 1 heterocycles. The molecular weight excluding hydrogens is 142 g/mol. The van der Waals surface area contributed by atoms with E-state index in [9.17, 15) is 0 Å². The van der Waals surface area contributed by atoms with Crippen LogP contribution in [-0.2, 0) is 6.42 Å². The highest BCUT2D eigenvalue weighted by molar-refractivity contribution is 4.99. The first-order valence-corrected chi connectivity index (χ1v) is 3.46.